The molecule has 2 bridgehead atoms. The Morgan fingerprint density at radius 3 is 1.47 bits per heavy atom. The molecular formula is C28H21NO. The molecule has 0 aromatic heterocycles. The Bertz CT molecular complexity index is 1180. The van der Waals surface area contributed by atoms with Crippen LogP contribution in [-0.2, 0) is 10.3 Å². The van der Waals surface area contributed by atoms with Gasteiger partial charge >= 0.3 is 0 Å². The topological polar surface area (TPSA) is 20.3 Å². The van der Waals surface area contributed by atoms with E-state index in [0.717, 1.165) is 5.69 Å². The van der Waals surface area contributed by atoms with Gasteiger partial charge < -0.3 is 0 Å². The average Bonchev–Trinajstić information content (AvgIpc) is 2.80. The minimum Gasteiger partial charge on any atom is -0.294 e. The van der Waals surface area contributed by atoms with Crippen molar-refractivity contribution in [2.45, 2.75) is 18.4 Å². The lowest BCUT2D eigenvalue weighted by atomic mass is 9.56. The molecule has 0 fully saturated rings. The van der Waals surface area contributed by atoms with E-state index in [2.05, 4.69) is 72.8 Å². The largest absolute Gasteiger partial charge is 0.294 e. The fraction of sp³-hybridized carbons (Fsp3) is 0.107. The summed E-state index contributed by atoms with van der Waals surface area (Å²) in [5.41, 5.74) is 7.69. The number of nitrogens with zero attached hydrogens (tertiary/aromatic N) is 1. The molecule has 0 atom stereocenters. The average molecular weight is 387 g/mol. The Hall–Kier alpha value is -3.65. The van der Waals surface area contributed by atoms with Gasteiger partial charge in [-0.1, -0.05) is 91.0 Å². The standard InChI is InChI=1S/C28H21NO/c1-19(30)29(20-11-3-2-4-12-20)28-24-16-8-5-13-21(24)27(22-14-6-9-17-25(22)28)23-15-7-10-18-26(23)28/h2-18,27H,1H3. The second-order valence-electron chi connectivity index (χ2n) is 8.10. The Kier molecular flexibility index (Phi) is 3.54. The molecule has 0 N–H and O–H groups in total. The van der Waals surface area contributed by atoms with Crippen molar-refractivity contribution in [2.75, 3.05) is 4.90 Å². The first-order chi connectivity index (χ1) is 14.7. The fourth-order valence-electron chi connectivity index (χ4n) is 5.72. The molecule has 3 aliphatic carbocycles. The van der Waals surface area contributed by atoms with Gasteiger partial charge in [0.05, 0.1) is 0 Å². The molecule has 4 aromatic carbocycles. The number of para-hydroxylation sites is 1. The van der Waals surface area contributed by atoms with Gasteiger partial charge in [0, 0.05) is 18.5 Å². The van der Waals surface area contributed by atoms with E-state index in [-0.39, 0.29) is 11.8 Å². The molecule has 144 valence electrons. The van der Waals surface area contributed by atoms with E-state index in [9.17, 15) is 4.79 Å². The molecule has 1 amide bonds. The molecule has 0 heterocycles. The van der Waals surface area contributed by atoms with E-state index in [1.54, 1.807) is 6.92 Å². The van der Waals surface area contributed by atoms with Gasteiger partial charge in [0.15, 0.2) is 0 Å². The molecule has 0 aliphatic heterocycles. The van der Waals surface area contributed by atoms with Crippen LogP contribution >= 0.6 is 0 Å². The molecule has 0 spiro atoms. The first kappa shape index (κ1) is 17.2. The van der Waals surface area contributed by atoms with Crippen LogP contribution in [0, 0.1) is 0 Å². The molecule has 0 radical (unpaired) electrons. The van der Waals surface area contributed by atoms with E-state index >= 15 is 0 Å². The van der Waals surface area contributed by atoms with Crippen LogP contribution in [0.3, 0.4) is 0 Å². The number of hydrogen-bond donors (Lipinski definition) is 0. The van der Waals surface area contributed by atoms with Crippen molar-refractivity contribution in [3.63, 3.8) is 0 Å². The van der Waals surface area contributed by atoms with Crippen molar-refractivity contribution in [3.05, 3.63) is 137 Å². The van der Waals surface area contributed by atoms with Gasteiger partial charge in [-0.15, -0.1) is 0 Å². The summed E-state index contributed by atoms with van der Waals surface area (Å²) in [4.78, 5) is 15.4. The maximum Gasteiger partial charge on any atom is 0.225 e. The van der Waals surface area contributed by atoms with Gasteiger partial charge in [0.25, 0.3) is 0 Å². The summed E-state index contributed by atoms with van der Waals surface area (Å²) in [6, 6.07) is 36.0. The second kappa shape index (κ2) is 6.17. The van der Waals surface area contributed by atoms with Gasteiger partial charge in [-0.2, -0.15) is 0 Å². The van der Waals surface area contributed by atoms with Crippen LogP contribution in [-0.4, -0.2) is 5.91 Å². The first-order valence-corrected chi connectivity index (χ1v) is 10.4. The smallest absolute Gasteiger partial charge is 0.225 e. The highest BCUT2D eigenvalue weighted by molar-refractivity contribution is 5.97. The minimum absolute atomic E-state index is 0.0287. The third-order valence-corrected chi connectivity index (χ3v) is 6.65. The Morgan fingerprint density at radius 1 is 0.633 bits per heavy atom. The number of amides is 1. The van der Waals surface area contributed by atoms with Gasteiger partial charge in [0.1, 0.15) is 5.54 Å². The fourth-order valence-corrected chi connectivity index (χ4v) is 5.72. The number of carbonyl (C=O) groups is 1. The lowest BCUT2D eigenvalue weighted by molar-refractivity contribution is -0.117. The van der Waals surface area contributed by atoms with Crippen LogP contribution < -0.4 is 4.90 Å². The number of anilines is 1. The first-order valence-electron chi connectivity index (χ1n) is 10.4. The summed E-state index contributed by atoms with van der Waals surface area (Å²) in [6.45, 7) is 1.68. The van der Waals surface area contributed by atoms with E-state index in [4.69, 9.17) is 0 Å². The van der Waals surface area contributed by atoms with Crippen LogP contribution in [0.25, 0.3) is 0 Å². The maximum absolute atomic E-state index is 13.4. The van der Waals surface area contributed by atoms with Gasteiger partial charge in [-0.3, -0.25) is 9.69 Å². The van der Waals surface area contributed by atoms with Crippen LogP contribution in [0.15, 0.2) is 103 Å². The van der Waals surface area contributed by atoms with E-state index < -0.39 is 5.54 Å². The summed E-state index contributed by atoms with van der Waals surface area (Å²) in [6.07, 6.45) is 0. The highest BCUT2D eigenvalue weighted by atomic mass is 16.2. The van der Waals surface area contributed by atoms with Crippen molar-refractivity contribution in [1.29, 1.82) is 0 Å². The lowest BCUT2D eigenvalue weighted by Gasteiger charge is -2.55. The van der Waals surface area contributed by atoms with Crippen molar-refractivity contribution >= 4 is 11.6 Å². The van der Waals surface area contributed by atoms with E-state index in [1.807, 2.05) is 35.2 Å². The Balaban J connectivity index is 1.82. The van der Waals surface area contributed by atoms with Crippen LogP contribution in [0.1, 0.15) is 46.2 Å². The molecule has 2 nitrogen and oxygen atoms in total. The summed E-state index contributed by atoms with van der Waals surface area (Å²) < 4.78 is 0. The van der Waals surface area contributed by atoms with Crippen LogP contribution in [0.4, 0.5) is 5.69 Å². The zero-order chi connectivity index (χ0) is 20.3. The molecule has 30 heavy (non-hydrogen) atoms. The molecule has 7 rings (SSSR count). The molecule has 4 aromatic rings. The second-order valence-corrected chi connectivity index (χ2v) is 8.10. The third-order valence-electron chi connectivity index (χ3n) is 6.65. The Labute approximate surface area is 176 Å². The quantitative estimate of drug-likeness (QED) is 0.423. The highest BCUT2D eigenvalue weighted by Gasteiger charge is 2.55. The zero-order valence-corrected chi connectivity index (χ0v) is 16.7. The summed E-state index contributed by atoms with van der Waals surface area (Å²) in [5, 5.41) is 0. The number of carbonyl (C=O) groups excluding carboxylic acids is 1. The van der Waals surface area contributed by atoms with Crippen LogP contribution in [0.5, 0.6) is 0 Å². The van der Waals surface area contributed by atoms with Crippen molar-refractivity contribution in [1.82, 2.24) is 0 Å². The molecule has 0 unspecified atom stereocenters. The van der Waals surface area contributed by atoms with Gasteiger partial charge in [-0.05, 0) is 45.5 Å². The summed E-state index contributed by atoms with van der Waals surface area (Å²) >= 11 is 0. The third kappa shape index (κ3) is 2.01. The number of hydrogen-bond acceptors (Lipinski definition) is 1. The molecular weight excluding hydrogens is 366 g/mol. The van der Waals surface area contributed by atoms with Crippen molar-refractivity contribution < 1.29 is 4.79 Å². The maximum atomic E-state index is 13.4. The normalized spacial score (nSPS) is 20.1. The van der Waals surface area contributed by atoms with Gasteiger partial charge in [0.2, 0.25) is 5.91 Å². The summed E-state index contributed by atoms with van der Waals surface area (Å²) in [5.74, 6) is 0.223. The minimum atomic E-state index is -0.689. The molecule has 2 heteroatoms. The predicted octanol–water partition coefficient (Wildman–Crippen LogP) is 5.84. The lowest BCUT2D eigenvalue weighted by Crippen LogP contribution is -2.56. The SMILES string of the molecule is CC(=O)N(c1ccccc1)C12c3ccccc3C(c3ccccc31)c1ccccc12. The van der Waals surface area contributed by atoms with E-state index in [0.29, 0.717) is 0 Å². The molecule has 3 aliphatic rings. The molecule has 0 saturated heterocycles. The van der Waals surface area contributed by atoms with Gasteiger partial charge in [-0.25, -0.2) is 0 Å². The highest BCUT2D eigenvalue weighted by Crippen LogP contribution is 2.60. The zero-order valence-electron chi connectivity index (χ0n) is 16.7. The number of rotatable bonds is 2. The Morgan fingerprint density at radius 2 is 1.03 bits per heavy atom. The number of benzene rings is 4. The van der Waals surface area contributed by atoms with Crippen molar-refractivity contribution in [2.24, 2.45) is 0 Å². The predicted molar refractivity (Wildman–Crippen MR) is 120 cm³/mol. The monoisotopic (exact) mass is 387 g/mol. The van der Waals surface area contributed by atoms with Crippen LogP contribution in [0.2, 0.25) is 0 Å². The summed E-state index contributed by atoms with van der Waals surface area (Å²) in [7, 11) is 0. The van der Waals surface area contributed by atoms with E-state index in [1.165, 1.54) is 33.4 Å². The van der Waals surface area contributed by atoms with Crippen molar-refractivity contribution in [3.8, 4) is 0 Å². The molecule has 0 saturated carbocycles.